The van der Waals surface area contributed by atoms with Gasteiger partial charge in [-0.25, -0.2) is 4.79 Å². The van der Waals surface area contributed by atoms with Crippen molar-refractivity contribution in [2.45, 2.75) is 53.9 Å². The van der Waals surface area contributed by atoms with Crippen LogP contribution in [-0.4, -0.2) is 25.7 Å². The normalized spacial score (nSPS) is 11.8. The van der Waals surface area contributed by atoms with Crippen LogP contribution in [0.4, 0.5) is 10.5 Å². The molecule has 134 valence electrons. The monoisotopic (exact) mass is 335 g/mol. The molecule has 0 aliphatic rings. The van der Waals surface area contributed by atoms with E-state index < -0.39 is 11.5 Å². The van der Waals surface area contributed by atoms with Gasteiger partial charge in [0.2, 0.25) is 0 Å². The number of carbonyl (C=O) groups excluding carboxylic acids is 2. The van der Waals surface area contributed by atoms with Crippen molar-refractivity contribution in [1.82, 2.24) is 0 Å². The van der Waals surface area contributed by atoms with Crippen molar-refractivity contribution in [2.75, 3.05) is 18.6 Å². The van der Waals surface area contributed by atoms with E-state index in [0.717, 1.165) is 5.56 Å². The molecule has 0 N–H and O–H groups in total. The summed E-state index contributed by atoms with van der Waals surface area (Å²) in [6.45, 7) is 13.6. The minimum Gasteiger partial charge on any atom is -0.449 e. The van der Waals surface area contributed by atoms with Crippen molar-refractivity contribution in [3.63, 3.8) is 0 Å². The highest BCUT2D eigenvalue weighted by Crippen LogP contribution is 2.35. The fraction of sp³-hybridized carbons (Fsp3) is 0.579. The topological polar surface area (TPSA) is 55.8 Å². The van der Waals surface area contributed by atoms with E-state index in [0.29, 0.717) is 11.4 Å². The van der Waals surface area contributed by atoms with Gasteiger partial charge in [-0.2, -0.15) is 0 Å². The van der Waals surface area contributed by atoms with E-state index in [2.05, 4.69) is 20.8 Å². The molecule has 0 atom stereocenters. The molecule has 0 heterocycles. The van der Waals surface area contributed by atoms with Crippen LogP contribution in [0.1, 0.15) is 54.0 Å². The molecule has 0 radical (unpaired) electrons. The lowest BCUT2D eigenvalue weighted by atomic mass is 9.86. The van der Waals surface area contributed by atoms with Crippen molar-refractivity contribution in [3.05, 3.63) is 23.8 Å². The maximum Gasteiger partial charge on any atom is 0.414 e. The number of nitrogens with zero attached hydrogens (tertiary/aromatic N) is 1. The van der Waals surface area contributed by atoms with Crippen LogP contribution >= 0.6 is 0 Å². The average Bonchev–Trinajstić information content (AvgIpc) is 2.45. The highest BCUT2D eigenvalue weighted by Gasteiger charge is 2.27. The first-order chi connectivity index (χ1) is 10.9. The highest BCUT2D eigenvalue weighted by atomic mass is 16.6. The van der Waals surface area contributed by atoms with Gasteiger partial charge in [-0.1, -0.05) is 26.8 Å². The standard InChI is InChI=1S/C19H29NO4/c1-9-23-17(22)20(8)14-12-13(18(2,3)4)10-11-15(14)24-16(21)19(5,6)7/h10-12H,9H2,1-8H3. The van der Waals surface area contributed by atoms with Gasteiger partial charge in [0.25, 0.3) is 0 Å². The lowest BCUT2D eigenvalue weighted by molar-refractivity contribution is -0.142. The number of carbonyl (C=O) groups is 2. The number of amides is 1. The molecule has 1 aromatic rings. The Bertz CT molecular complexity index is 609. The lowest BCUT2D eigenvalue weighted by Gasteiger charge is -2.25. The van der Waals surface area contributed by atoms with E-state index in [-0.39, 0.29) is 18.0 Å². The average molecular weight is 335 g/mol. The maximum absolute atomic E-state index is 12.2. The zero-order valence-corrected chi connectivity index (χ0v) is 16.0. The van der Waals surface area contributed by atoms with Gasteiger partial charge in [0.05, 0.1) is 17.7 Å². The minimum absolute atomic E-state index is 0.100. The number of benzene rings is 1. The van der Waals surface area contributed by atoms with Gasteiger partial charge in [-0.05, 0) is 50.8 Å². The Kier molecular flexibility index (Phi) is 6.04. The van der Waals surface area contributed by atoms with Gasteiger partial charge in [-0.3, -0.25) is 9.69 Å². The largest absolute Gasteiger partial charge is 0.449 e. The minimum atomic E-state index is -0.636. The first kappa shape index (κ1) is 20.0. The second-order valence-electron chi connectivity index (χ2n) is 7.83. The van der Waals surface area contributed by atoms with Crippen molar-refractivity contribution in [3.8, 4) is 5.75 Å². The molecule has 24 heavy (non-hydrogen) atoms. The van der Waals surface area contributed by atoms with E-state index in [4.69, 9.17) is 9.47 Å². The quantitative estimate of drug-likeness (QED) is 0.601. The van der Waals surface area contributed by atoms with E-state index in [9.17, 15) is 9.59 Å². The van der Waals surface area contributed by atoms with Crippen molar-refractivity contribution in [2.24, 2.45) is 5.41 Å². The van der Waals surface area contributed by atoms with Gasteiger partial charge in [0.1, 0.15) is 0 Å². The van der Waals surface area contributed by atoms with Crippen molar-refractivity contribution < 1.29 is 19.1 Å². The molecule has 1 aromatic carbocycles. The molecule has 0 aliphatic heterocycles. The molecule has 0 fully saturated rings. The molecular weight excluding hydrogens is 306 g/mol. The summed E-state index contributed by atoms with van der Waals surface area (Å²) in [6.07, 6.45) is -0.489. The van der Waals surface area contributed by atoms with Crippen LogP contribution in [0.15, 0.2) is 18.2 Å². The first-order valence-corrected chi connectivity index (χ1v) is 8.15. The number of hydrogen-bond acceptors (Lipinski definition) is 4. The molecule has 1 amide bonds. The summed E-state index contributed by atoms with van der Waals surface area (Å²) in [5.74, 6) is -0.0111. The number of rotatable bonds is 3. The fourth-order valence-electron chi connectivity index (χ4n) is 1.90. The summed E-state index contributed by atoms with van der Waals surface area (Å²) in [5.41, 5.74) is 0.807. The summed E-state index contributed by atoms with van der Waals surface area (Å²) in [6, 6.07) is 5.51. The molecule has 5 nitrogen and oxygen atoms in total. The van der Waals surface area contributed by atoms with Crippen LogP contribution < -0.4 is 9.64 Å². The van der Waals surface area contributed by atoms with Crippen LogP contribution in [0.2, 0.25) is 0 Å². The fourth-order valence-corrected chi connectivity index (χ4v) is 1.90. The van der Waals surface area contributed by atoms with Crippen LogP contribution in [0.3, 0.4) is 0 Å². The molecule has 0 aromatic heterocycles. The predicted octanol–water partition coefficient (Wildman–Crippen LogP) is 4.53. The first-order valence-electron chi connectivity index (χ1n) is 8.15. The third kappa shape index (κ3) is 4.98. The van der Waals surface area contributed by atoms with E-state index >= 15 is 0 Å². The van der Waals surface area contributed by atoms with Crippen LogP contribution in [-0.2, 0) is 14.9 Å². The van der Waals surface area contributed by atoms with Crippen LogP contribution in [0, 0.1) is 5.41 Å². The summed E-state index contributed by atoms with van der Waals surface area (Å²) in [4.78, 5) is 25.7. The Morgan fingerprint density at radius 2 is 1.67 bits per heavy atom. The molecule has 0 bridgehead atoms. The summed E-state index contributed by atoms with van der Waals surface area (Å²) >= 11 is 0. The molecule has 1 rings (SSSR count). The van der Waals surface area contributed by atoms with Crippen LogP contribution in [0.25, 0.3) is 0 Å². The predicted molar refractivity (Wildman–Crippen MR) is 95.7 cm³/mol. The van der Waals surface area contributed by atoms with Gasteiger partial charge in [0, 0.05) is 7.05 Å². The zero-order chi connectivity index (χ0) is 18.7. The SMILES string of the molecule is CCOC(=O)N(C)c1cc(C(C)(C)C)ccc1OC(=O)C(C)(C)C. The smallest absolute Gasteiger partial charge is 0.414 e. The third-order valence-electron chi connectivity index (χ3n) is 3.54. The van der Waals surface area contributed by atoms with Crippen LogP contribution in [0.5, 0.6) is 5.75 Å². The van der Waals surface area contributed by atoms with Gasteiger partial charge < -0.3 is 9.47 Å². The van der Waals surface area contributed by atoms with E-state index in [1.54, 1.807) is 40.8 Å². The third-order valence-corrected chi connectivity index (χ3v) is 3.54. The number of ether oxygens (including phenoxy) is 2. The Hall–Kier alpha value is -2.04. The highest BCUT2D eigenvalue weighted by molar-refractivity contribution is 5.90. The molecule has 0 saturated heterocycles. The Labute approximate surface area is 144 Å². The van der Waals surface area contributed by atoms with Gasteiger partial charge >= 0.3 is 12.1 Å². The summed E-state index contributed by atoms with van der Waals surface area (Å²) in [7, 11) is 1.61. The maximum atomic E-state index is 12.2. The lowest BCUT2D eigenvalue weighted by Crippen LogP contribution is -2.30. The Balaban J connectivity index is 3.32. The van der Waals surface area contributed by atoms with E-state index in [1.165, 1.54) is 4.90 Å². The zero-order valence-electron chi connectivity index (χ0n) is 16.0. The van der Waals surface area contributed by atoms with Crippen molar-refractivity contribution in [1.29, 1.82) is 0 Å². The van der Waals surface area contributed by atoms with Gasteiger partial charge in [0.15, 0.2) is 5.75 Å². The molecule has 0 saturated carbocycles. The second kappa shape index (κ2) is 7.24. The molecule has 0 spiro atoms. The van der Waals surface area contributed by atoms with Gasteiger partial charge in [-0.15, -0.1) is 0 Å². The molecule has 5 heteroatoms. The molecule has 0 aliphatic carbocycles. The second-order valence-corrected chi connectivity index (χ2v) is 7.83. The van der Waals surface area contributed by atoms with E-state index in [1.807, 2.05) is 12.1 Å². The number of anilines is 1. The Morgan fingerprint density at radius 1 is 1.08 bits per heavy atom. The Morgan fingerprint density at radius 3 is 2.12 bits per heavy atom. The number of esters is 1. The summed E-state index contributed by atoms with van der Waals surface area (Å²) in [5, 5.41) is 0. The van der Waals surface area contributed by atoms with Crippen molar-refractivity contribution >= 4 is 17.7 Å². The summed E-state index contributed by atoms with van der Waals surface area (Å²) < 4.78 is 10.6. The molecule has 0 unspecified atom stereocenters. The molecular formula is C19H29NO4. The number of hydrogen-bond donors (Lipinski definition) is 0.